The van der Waals surface area contributed by atoms with Crippen LogP contribution in [0.3, 0.4) is 0 Å². The summed E-state index contributed by atoms with van der Waals surface area (Å²) in [5.74, 6) is -1.95. The highest BCUT2D eigenvalue weighted by Gasteiger charge is 2.09. The third kappa shape index (κ3) is 3.60. The van der Waals surface area contributed by atoms with Gasteiger partial charge in [0.1, 0.15) is 5.82 Å². The number of hydrogen-bond acceptors (Lipinski definition) is 3. The van der Waals surface area contributed by atoms with Crippen LogP contribution in [0.25, 0.3) is 0 Å². The van der Waals surface area contributed by atoms with Crippen molar-refractivity contribution in [3.63, 3.8) is 0 Å². The summed E-state index contributed by atoms with van der Waals surface area (Å²) in [7, 11) is 0. The Morgan fingerprint density at radius 2 is 2.25 bits per heavy atom. The van der Waals surface area contributed by atoms with Crippen LogP contribution in [0.15, 0.2) is 18.2 Å². The van der Waals surface area contributed by atoms with Crippen molar-refractivity contribution in [1.82, 2.24) is 5.32 Å². The van der Waals surface area contributed by atoms with E-state index in [-0.39, 0.29) is 5.56 Å². The predicted molar refractivity (Wildman–Crippen MR) is 58.7 cm³/mol. The molecule has 4 N–H and O–H groups in total. The normalized spacial score (nSPS) is 10.4. The molecule has 0 bridgehead atoms. The van der Waals surface area contributed by atoms with E-state index < -0.39 is 11.8 Å². The lowest BCUT2D eigenvalue weighted by Gasteiger charge is -2.05. The Kier molecular flexibility index (Phi) is 4.88. The summed E-state index contributed by atoms with van der Waals surface area (Å²) in [6, 6.07) is 4.11. The Bertz CT molecular complexity index is 369. The van der Waals surface area contributed by atoms with E-state index in [0.717, 1.165) is 18.5 Å². The number of carboxylic acids is 1. The zero-order chi connectivity index (χ0) is 12.0. The van der Waals surface area contributed by atoms with Gasteiger partial charge < -0.3 is 16.2 Å². The van der Waals surface area contributed by atoms with Gasteiger partial charge in [-0.15, -0.1) is 0 Å². The number of nitrogens with two attached hydrogens (primary N) is 1. The first-order chi connectivity index (χ1) is 7.65. The number of rotatable bonds is 6. The molecule has 0 radical (unpaired) electrons. The molecule has 5 heteroatoms. The van der Waals surface area contributed by atoms with Gasteiger partial charge in [-0.2, -0.15) is 0 Å². The van der Waals surface area contributed by atoms with Gasteiger partial charge in [-0.3, -0.25) is 0 Å². The Hall–Kier alpha value is -1.46. The summed E-state index contributed by atoms with van der Waals surface area (Å²) in [4.78, 5) is 10.6. The fourth-order valence-corrected chi connectivity index (χ4v) is 1.30. The molecule has 0 fully saturated rings. The lowest BCUT2D eigenvalue weighted by molar-refractivity contribution is 0.0692. The first kappa shape index (κ1) is 12.6. The van der Waals surface area contributed by atoms with E-state index in [1.54, 1.807) is 6.07 Å². The van der Waals surface area contributed by atoms with Gasteiger partial charge in [-0.1, -0.05) is 6.07 Å². The fourth-order valence-electron chi connectivity index (χ4n) is 1.30. The summed E-state index contributed by atoms with van der Waals surface area (Å²) in [6.45, 7) is 1.88. The van der Waals surface area contributed by atoms with Gasteiger partial charge in [-0.05, 0) is 37.2 Å². The van der Waals surface area contributed by atoms with Crippen LogP contribution in [0.4, 0.5) is 4.39 Å². The largest absolute Gasteiger partial charge is 0.478 e. The maximum Gasteiger partial charge on any atom is 0.338 e. The topological polar surface area (TPSA) is 75.3 Å². The van der Waals surface area contributed by atoms with Crippen molar-refractivity contribution in [3.05, 3.63) is 35.1 Å². The molecule has 0 atom stereocenters. The molecule has 0 saturated carbocycles. The highest BCUT2D eigenvalue weighted by molar-refractivity contribution is 5.87. The Balaban J connectivity index is 2.56. The summed E-state index contributed by atoms with van der Waals surface area (Å²) in [5.41, 5.74) is 5.74. The van der Waals surface area contributed by atoms with Gasteiger partial charge in [0.25, 0.3) is 0 Å². The molecule has 0 amide bonds. The maximum atomic E-state index is 13.2. The zero-order valence-electron chi connectivity index (χ0n) is 8.87. The molecule has 1 rings (SSSR count). The smallest absolute Gasteiger partial charge is 0.338 e. The minimum Gasteiger partial charge on any atom is -0.478 e. The van der Waals surface area contributed by atoms with Crippen LogP contribution in [0.1, 0.15) is 22.3 Å². The average molecular weight is 226 g/mol. The molecule has 0 aliphatic rings. The second-order valence-corrected chi connectivity index (χ2v) is 3.44. The van der Waals surface area contributed by atoms with Gasteiger partial charge in [-0.25, -0.2) is 9.18 Å². The summed E-state index contributed by atoms with van der Waals surface area (Å²) in [5, 5.41) is 11.7. The molecule has 0 unspecified atom stereocenters. The Morgan fingerprint density at radius 1 is 1.50 bits per heavy atom. The van der Waals surface area contributed by atoms with E-state index in [1.807, 2.05) is 0 Å². The number of aromatic carboxylic acids is 1. The van der Waals surface area contributed by atoms with Crippen molar-refractivity contribution in [2.24, 2.45) is 5.73 Å². The number of nitrogens with one attached hydrogen (secondary N) is 1. The highest BCUT2D eigenvalue weighted by atomic mass is 19.1. The number of benzene rings is 1. The SMILES string of the molecule is NCCCNCc1ccc(C(=O)O)c(F)c1. The van der Waals surface area contributed by atoms with E-state index in [1.165, 1.54) is 12.1 Å². The summed E-state index contributed by atoms with van der Waals surface area (Å²) < 4.78 is 13.2. The van der Waals surface area contributed by atoms with E-state index in [9.17, 15) is 9.18 Å². The number of carbonyl (C=O) groups is 1. The van der Waals surface area contributed by atoms with Crippen molar-refractivity contribution in [2.75, 3.05) is 13.1 Å². The molecule has 0 saturated heterocycles. The van der Waals surface area contributed by atoms with Crippen LogP contribution in [0, 0.1) is 5.82 Å². The van der Waals surface area contributed by atoms with E-state index in [0.29, 0.717) is 13.1 Å². The van der Waals surface area contributed by atoms with E-state index in [4.69, 9.17) is 10.8 Å². The van der Waals surface area contributed by atoms with Crippen molar-refractivity contribution < 1.29 is 14.3 Å². The molecular weight excluding hydrogens is 211 g/mol. The average Bonchev–Trinajstić information content (AvgIpc) is 2.24. The molecule has 0 aliphatic carbocycles. The number of carboxylic acid groups (broad SMARTS) is 1. The second-order valence-electron chi connectivity index (χ2n) is 3.44. The zero-order valence-corrected chi connectivity index (χ0v) is 8.87. The van der Waals surface area contributed by atoms with Gasteiger partial charge in [0.05, 0.1) is 5.56 Å². The monoisotopic (exact) mass is 226 g/mol. The van der Waals surface area contributed by atoms with E-state index in [2.05, 4.69) is 5.32 Å². The Morgan fingerprint density at radius 3 is 2.81 bits per heavy atom. The van der Waals surface area contributed by atoms with Crippen LogP contribution in [-0.4, -0.2) is 24.2 Å². The summed E-state index contributed by atoms with van der Waals surface area (Å²) in [6.07, 6.45) is 0.857. The number of hydrogen-bond donors (Lipinski definition) is 3. The lowest BCUT2D eigenvalue weighted by Crippen LogP contribution is -2.18. The van der Waals surface area contributed by atoms with Crippen molar-refractivity contribution in [3.8, 4) is 0 Å². The minimum absolute atomic E-state index is 0.300. The fraction of sp³-hybridized carbons (Fsp3) is 0.364. The maximum absolute atomic E-state index is 13.2. The molecular formula is C11H15FN2O2. The van der Waals surface area contributed by atoms with Crippen LogP contribution >= 0.6 is 0 Å². The van der Waals surface area contributed by atoms with Gasteiger partial charge in [0, 0.05) is 6.54 Å². The van der Waals surface area contributed by atoms with Crippen molar-refractivity contribution in [2.45, 2.75) is 13.0 Å². The van der Waals surface area contributed by atoms with Crippen LogP contribution in [-0.2, 0) is 6.54 Å². The number of halogens is 1. The molecule has 1 aromatic rings. The van der Waals surface area contributed by atoms with Crippen molar-refractivity contribution >= 4 is 5.97 Å². The molecule has 0 heterocycles. The van der Waals surface area contributed by atoms with Gasteiger partial charge in [0.2, 0.25) is 0 Å². The second kappa shape index (κ2) is 6.19. The lowest BCUT2D eigenvalue weighted by atomic mass is 10.1. The first-order valence-electron chi connectivity index (χ1n) is 5.07. The molecule has 88 valence electrons. The third-order valence-electron chi connectivity index (χ3n) is 2.15. The van der Waals surface area contributed by atoms with Crippen LogP contribution < -0.4 is 11.1 Å². The molecule has 0 aliphatic heterocycles. The molecule has 16 heavy (non-hydrogen) atoms. The summed E-state index contributed by atoms with van der Waals surface area (Å²) >= 11 is 0. The predicted octanol–water partition coefficient (Wildman–Crippen LogP) is 0.962. The first-order valence-corrected chi connectivity index (χ1v) is 5.07. The minimum atomic E-state index is -1.25. The standard InChI is InChI=1S/C11H15FN2O2/c12-10-6-8(7-14-5-1-4-13)2-3-9(10)11(15)16/h2-3,6,14H,1,4-5,7,13H2,(H,15,16). The van der Waals surface area contributed by atoms with E-state index >= 15 is 0 Å². The van der Waals surface area contributed by atoms with Crippen LogP contribution in [0.5, 0.6) is 0 Å². The molecule has 4 nitrogen and oxygen atoms in total. The highest BCUT2D eigenvalue weighted by Crippen LogP contribution is 2.10. The van der Waals surface area contributed by atoms with Gasteiger partial charge in [0.15, 0.2) is 0 Å². The van der Waals surface area contributed by atoms with Gasteiger partial charge >= 0.3 is 5.97 Å². The van der Waals surface area contributed by atoms with Crippen LogP contribution in [0.2, 0.25) is 0 Å². The van der Waals surface area contributed by atoms with Crippen molar-refractivity contribution in [1.29, 1.82) is 0 Å². The quantitative estimate of drug-likeness (QED) is 0.632. The molecule has 1 aromatic carbocycles. The third-order valence-corrected chi connectivity index (χ3v) is 2.15. The Labute approximate surface area is 93.3 Å². The molecule has 0 spiro atoms. The molecule has 0 aromatic heterocycles.